The minimum atomic E-state index is -0.0653. The van der Waals surface area contributed by atoms with Crippen LogP contribution in [0.25, 0.3) is 0 Å². The van der Waals surface area contributed by atoms with Gasteiger partial charge in [-0.15, -0.1) is 0 Å². The lowest BCUT2D eigenvalue weighted by molar-refractivity contribution is 0.276. The number of aliphatic hydroxyl groups is 1. The molecule has 2 aromatic rings. The maximum Gasteiger partial charge on any atom is 0.147 e. The number of hydrogen-bond donors (Lipinski definition) is 1. The molecular weight excluding hydrogens is 226 g/mol. The van der Waals surface area contributed by atoms with Crippen LogP contribution in [0, 0.1) is 0 Å². The van der Waals surface area contributed by atoms with Crippen molar-refractivity contribution >= 4 is 11.6 Å². The van der Waals surface area contributed by atoms with E-state index in [0.717, 1.165) is 5.56 Å². The van der Waals surface area contributed by atoms with E-state index in [-0.39, 0.29) is 6.61 Å². The van der Waals surface area contributed by atoms with E-state index in [0.29, 0.717) is 16.5 Å². The third-order valence-electron chi connectivity index (χ3n) is 2.05. The molecule has 0 saturated carbocycles. The second-order valence-electron chi connectivity index (χ2n) is 3.21. The first kappa shape index (κ1) is 10.9. The van der Waals surface area contributed by atoms with Gasteiger partial charge in [0, 0.05) is 17.8 Å². The highest BCUT2D eigenvalue weighted by Gasteiger charge is 2.03. The SMILES string of the molecule is OCc1ccccc1Oc1cncc(Cl)c1. The van der Waals surface area contributed by atoms with E-state index in [1.54, 1.807) is 24.4 Å². The molecule has 0 aliphatic heterocycles. The largest absolute Gasteiger partial charge is 0.455 e. The van der Waals surface area contributed by atoms with Crippen molar-refractivity contribution in [2.75, 3.05) is 0 Å². The number of pyridine rings is 1. The zero-order chi connectivity index (χ0) is 11.4. The molecule has 2 rings (SSSR count). The van der Waals surface area contributed by atoms with Crippen LogP contribution in [0.3, 0.4) is 0 Å². The Morgan fingerprint density at radius 3 is 2.81 bits per heavy atom. The van der Waals surface area contributed by atoms with Crippen LogP contribution >= 0.6 is 11.6 Å². The Morgan fingerprint density at radius 2 is 2.06 bits per heavy atom. The van der Waals surface area contributed by atoms with E-state index in [1.807, 2.05) is 12.1 Å². The highest BCUT2D eigenvalue weighted by atomic mass is 35.5. The summed E-state index contributed by atoms with van der Waals surface area (Å²) in [7, 11) is 0. The monoisotopic (exact) mass is 235 g/mol. The molecule has 1 N–H and O–H groups in total. The minimum absolute atomic E-state index is 0.0653. The molecule has 0 aliphatic rings. The van der Waals surface area contributed by atoms with Crippen LogP contribution in [-0.2, 0) is 6.61 Å². The normalized spacial score (nSPS) is 10.1. The zero-order valence-electron chi connectivity index (χ0n) is 8.43. The molecule has 1 aromatic carbocycles. The standard InChI is InChI=1S/C12H10ClNO2/c13-10-5-11(7-14-6-10)16-12-4-2-1-3-9(12)8-15/h1-7,15H,8H2. The molecule has 0 amide bonds. The fourth-order valence-corrected chi connectivity index (χ4v) is 1.47. The number of aromatic nitrogens is 1. The van der Waals surface area contributed by atoms with E-state index in [9.17, 15) is 0 Å². The van der Waals surface area contributed by atoms with Crippen LogP contribution in [0.1, 0.15) is 5.56 Å². The third-order valence-corrected chi connectivity index (χ3v) is 2.26. The summed E-state index contributed by atoms with van der Waals surface area (Å²) < 4.78 is 5.57. The molecule has 1 heterocycles. The smallest absolute Gasteiger partial charge is 0.147 e. The van der Waals surface area contributed by atoms with Gasteiger partial charge in [-0.25, -0.2) is 0 Å². The van der Waals surface area contributed by atoms with E-state index >= 15 is 0 Å². The molecule has 4 heteroatoms. The molecule has 0 aliphatic carbocycles. The summed E-state index contributed by atoms with van der Waals surface area (Å²) in [4.78, 5) is 3.92. The first-order valence-corrected chi connectivity index (χ1v) is 5.14. The first-order valence-electron chi connectivity index (χ1n) is 4.77. The number of ether oxygens (including phenoxy) is 1. The molecule has 0 radical (unpaired) electrons. The average molecular weight is 236 g/mol. The van der Waals surface area contributed by atoms with Gasteiger partial charge in [0.25, 0.3) is 0 Å². The van der Waals surface area contributed by atoms with Crippen molar-refractivity contribution < 1.29 is 9.84 Å². The van der Waals surface area contributed by atoms with Gasteiger partial charge in [0.1, 0.15) is 11.5 Å². The van der Waals surface area contributed by atoms with Crippen molar-refractivity contribution in [3.63, 3.8) is 0 Å². The van der Waals surface area contributed by atoms with Gasteiger partial charge in [0.15, 0.2) is 0 Å². The summed E-state index contributed by atoms with van der Waals surface area (Å²) in [5.74, 6) is 1.16. The minimum Gasteiger partial charge on any atom is -0.455 e. The predicted octanol–water partition coefficient (Wildman–Crippen LogP) is 3.02. The summed E-state index contributed by atoms with van der Waals surface area (Å²) in [5.41, 5.74) is 0.725. The second kappa shape index (κ2) is 4.96. The molecule has 0 bridgehead atoms. The third kappa shape index (κ3) is 2.51. The first-order chi connectivity index (χ1) is 7.79. The van der Waals surface area contributed by atoms with Gasteiger partial charge in [-0.3, -0.25) is 4.98 Å². The van der Waals surface area contributed by atoms with E-state index < -0.39 is 0 Å². The molecule has 3 nitrogen and oxygen atoms in total. The Kier molecular flexibility index (Phi) is 3.39. The molecule has 16 heavy (non-hydrogen) atoms. The van der Waals surface area contributed by atoms with Crippen LogP contribution in [0.4, 0.5) is 0 Å². The number of nitrogens with zero attached hydrogens (tertiary/aromatic N) is 1. The molecule has 0 spiro atoms. The van der Waals surface area contributed by atoms with Crippen molar-refractivity contribution in [1.29, 1.82) is 0 Å². The van der Waals surface area contributed by atoms with Gasteiger partial charge in [-0.2, -0.15) is 0 Å². The number of rotatable bonds is 3. The van der Waals surface area contributed by atoms with E-state index in [2.05, 4.69) is 4.98 Å². The van der Waals surface area contributed by atoms with Crippen molar-refractivity contribution in [2.45, 2.75) is 6.61 Å². The Labute approximate surface area is 98.3 Å². The fraction of sp³-hybridized carbons (Fsp3) is 0.0833. The van der Waals surface area contributed by atoms with Crippen LogP contribution in [0.5, 0.6) is 11.5 Å². The molecule has 82 valence electrons. The van der Waals surface area contributed by atoms with Gasteiger partial charge in [0.05, 0.1) is 17.8 Å². The number of para-hydroxylation sites is 1. The summed E-state index contributed by atoms with van der Waals surface area (Å²) in [6.07, 6.45) is 3.10. The number of benzene rings is 1. The summed E-state index contributed by atoms with van der Waals surface area (Å²) in [5, 5.41) is 9.64. The molecular formula is C12H10ClNO2. The molecule has 1 aromatic heterocycles. The van der Waals surface area contributed by atoms with Gasteiger partial charge in [-0.1, -0.05) is 29.8 Å². The zero-order valence-corrected chi connectivity index (χ0v) is 9.19. The summed E-state index contributed by atoms with van der Waals surface area (Å²) in [6, 6.07) is 8.93. The second-order valence-corrected chi connectivity index (χ2v) is 3.64. The van der Waals surface area contributed by atoms with Crippen LogP contribution in [-0.4, -0.2) is 10.1 Å². The predicted molar refractivity (Wildman–Crippen MR) is 61.7 cm³/mol. The highest BCUT2D eigenvalue weighted by Crippen LogP contribution is 2.26. The van der Waals surface area contributed by atoms with Crippen LogP contribution in [0.15, 0.2) is 42.7 Å². The Hall–Kier alpha value is -1.58. The van der Waals surface area contributed by atoms with Crippen LogP contribution < -0.4 is 4.74 Å². The Bertz CT molecular complexity index is 488. The number of aliphatic hydroxyl groups excluding tert-OH is 1. The van der Waals surface area contributed by atoms with Gasteiger partial charge < -0.3 is 9.84 Å². The Balaban J connectivity index is 2.26. The fourth-order valence-electron chi connectivity index (χ4n) is 1.31. The number of hydrogen-bond acceptors (Lipinski definition) is 3. The molecule has 0 saturated heterocycles. The van der Waals surface area contributed by atoms with Crippen molar-refractivity contribution in [3.8, 4) is 11.5 Å². The maximum absolute atomic E-state index is 9.13. The molecule has 0 atom stereocenters. The van der Waals surface area contributed by atoms with Crippen molar-refractivity contribution in [2.24, 2.45) is 0 Å². The Morgan fingerprint density at radius 1 is 1.25 bits per heavy atom. The van der Waals surface area contributed by atoms with E-state index in [4.69, 9.17) is 21.4 Å². The van der Waals surface area contributed by atoms with E-state index in [1.165, 1.54) is 6.20 Å². The van der Waals surface area contributed by atoms with Gasteiger partial charge >= 0.3 is 0 Å². The maximum atomic E-state index is 9.13. The lowest BCUT2D eigenvalue weighted by atomic mass is 10.2. The van der Waals surface area contributed by atoms with Crippen molar-refractivity contribution in [1.82, 2.24) is 4.98 Å². The van der Waals surface area contributed by atoms with Crippen molar-refractivity contribution in [3.05, 3.63) is 53.3 Å². The summed E-state index contributed by atoms with van der Waals surface area (Å²) >= 11 is 5.79. The molecule has 0 unspecified atom stereocenters. The molecule has 0 fully saturated rings. The number of halogens is 1. The highest BCUT2D eigenvalue weighted by molar-refractivity contribution is 6.30. The van der Waals surface area contributed by atoms with Gasteiger partial charge in [0.2, 0.25) is 0 Å². The quantitative estimate of drug-likeness (QED) is 0.889. The van der Waals surface area contributed by atoms with Gasteiger partial charge in [-0.05, 0) is 6.07 Å². The lowest BCUT2D eigenvalue weighted by Crippen LogP contribution is -1.91. The van der Waals surface area contributed by atoms with Crippen LogP contribution in [0.2, 0.25) is 5.02 Å². The average Bonchev–Trinajstić information content (AvgIpc) is 2.30. The topological polar surface area (TPSA) is 42.4 Å². The summed E-state index contributed by atoms with van der Waals surface area (Å²) in [6.45, 7) is -0.0653. The lowest BCUT2D eigenvalue weighted by Gasteiger charge is -2.08.